The molecule has 2 aromatic carbocycles. The Labute approximate surface area is 173 Å². The maximum atomic E-state index is 7.00. The van der Waals surface area contributed by atoms with Crippen LogP contribution < -0.4 is 4.74 Å². The molecule has 4 rings (SSSR count). The van der Waals surface area contributed by atoms with Crippen LogP contribution in [0.5, 0.6) is 5.75 Å². The molecule has 0 amide bonds. The quantitative estimate of drug-likeness (QED) is 0.548. The van der Waals surface area contributed by atoms with E-state index >= 15 is 0 Å². The van der Waals surface area contributed by atoms with Crippen LogP contribution in [0.4, 0.5) is 0 Å². The molecule has 0 saturated heterocycles. The third kappa shape index (κ3) is 3.74. The zero-order valence-electron chi connectivity index (χ0n) is 15.5. The van der Waals surface area contributed by atoms with Crippen molar-refractivity contribution in [2.75, 3.05) is 14.2 Å². The molecule has 0 aliphatic heterocycles. The normalized spacial score (nSPS) is 15.4. The van der Waals surface area contributed by atoms with Gasteiger partial charge in [0.1, 0.15) is 5.75 Å². The summed E-state index contributed by atoms with van der Waals surface area (Å²) in [5.74, 6) is 1.00. The molecule has 1 N–H and O–H groups in total. The molecule has 140 valence electrons. The van der Waals surface area contributed by atoms with E-state index in [1.54, 1.807) is 7.11 Å². The lowest BCUT2D eigenvalue weighted by molar-refractivity contribution is 0.399. The van der Waals surface area contributed by atoms with Gasteiger partial charge in [-0.25, -0.2) is 0 Å². The molecule has 0 saturated carbocycles. The first-order valence-corrected chi connectivity index (χ1v) is 10.9. The Morgan fingerprint density at radius 3 is 2.04 bits per heavy atom. The summed E-state index contributed by atoms with van der Waals surface area (Å²) in [6.45, 7) is 0. The van der Waals surface area contributed by atoms with Crippen LogP contribution >= 0.6 is 31.9 Å². The van der Waals surface area contributed by atoms with Gasteiger partial charge < -0.3 is 9.84 Å². The topological polar surface area (TPSA) is 29.5 Å². The molecule has 4 heteroatoms. The Hall–Kier alpha value is -0.840. The molecule has 2 nitrogen and oxygen atoms in total. The van der Waals surface area contributed by atoms with E-state index < -0.39 is 0 Å². The second-order valence-electron chi connectivity index (χ2n) is 6.91. The lowest BCUT2D eigenvalue weighted by Gasteiger charge is -2.27. The van der Waals surface area contributed by atoms with Crippen LogP contribution in [0.1, 0.15) is 47.9 Å². The average Bonchev–Trinajstić information content (AvgIpc) is 2.67. The van der Waals surface area contributed by atoms with E-state index in [9.17, 15) is 0 Å². The van der Waals surface area contributed by atoms with E-state index in [1.165, 1.54) is 82.8 Å². The molecule has 2 aliphatic carbocycles. The highest BCUT2D eigenvalue weighted by molar-refractivity contribution is 9.10. The summed E-state index contributed by atoms with van der Waals surface area (Å²) >= 11 is 7.51. The van der Waals surface area contributed by atoms with Crippen LogP contribution in [0, 0.1) is 0 Å². The van der Waals surface area contributed by atoms with E-state index in [0.29, 0.717) is 0 Å². The summed E-state index contributed by atoms with van der Waals surface area (Å²) < 4.78 is 8.14. The predicted molar refractivity (Wildman–Crippen MR) is 115 cm³/mol. The van der Waals surface area contributed by atoms with Gasteiger partial charge in [-0.2, -0.15) is 0 Å². The van der Waals surface area contributed by atoms with Crippen molar-refractivity contribution in [2.45, 2.75) is 51.4 Å². The predicted octanol–water partition coefficient (Wildman–Crippen LogP) is 6.25. The fourth-order valence-electron chi connectivity index (χ4n) is 4.38. The summed E-state index contributed by atoms with van der Waals surface area (Å²) in [6.07, 6.45) is 9.89. The van der Waals surface area contributed by atoms with Gasteiger partial charge in [0.15, 0.2) is 0 Å². The third-order valence-corrected chi connectivity index (χ3v) is 6.51. The average molecular weight is 482 g/mol. The van der Waals surface area contributed by atoms with Gasteiger partial charge in [-0.3, -0.25) is 0 Å². The Bertz CT molecular complexity index is 799. The molecular formula is C22H26Br2O2. The zero-order chi connectivity index (χ0) is 18.7. The van der Waals surface area contributed by atoms with E-state index in [4.69, 9.17) is 9.84 Å². The number of hydrogen-bond acceptors (Lipinski definition) is 2. The second-order valence-corrected chi connectivity index (χ2v) is 8.68. The Kier molecular flexibility index (Phi) is 6.81. The van der Waals surface area contributed by atoms with E-state index in [1.807, 2.05) is 0 Å². The summed E-state index contributed by atoms with van der Waals surface area (Å²) in [6, 6.07) is 6.90. The molecular weight excluding hydrogens is 456 g/mol. The molecule has 26 heavy (non-hydrogen) atoms. The Morgan fingerprint density at radius 1 is 0.808 bits per heavy atom. The van der Waals surface area contributed by atoms with Crippen LogP contribution in [0.3, 0.4) is 0 Å². The first kappa shape index (κ1) is 19.9. The molecule has 2 aliphatic rings. The highest BCUT2D eigenvalue weighted by Crippen LogP contribution is 2.46. The van der Waals surface area contributed by atoms with Crippen molar-refractivity contribution in [1.82, 2.24) is 0 Å². The standard InChI is InChI=1S/C21H22Br2O.CH4O/c1-24-21-19(23)11-14-7-3-5-9-17(14)20(21)18-12-15(22)10-13-6-2-4-8-16(13)18;1-2/h10-12H,2-9H2,1H3;2H,1H3. The number of benzene rings is 2. The van der Waals surface area contributed by atoms with Gasteiger partial charge in [0.2, 0.25) is 0 Å². The minimum Gasteiger partial charge on any atom is -0.495 e. The Balaban J connectivity index is 0.000000948. The molecule has 0 aromatic heterocycles. The first-order chi connectivity index (χ1) is 12.7. The van der Waals surface area contributed by atoms with Gasteiger partial charge in [-0.05, 0) is 113 Å². The molecule has 0 atom stereocenters. The number of aryl methyl sites for hydroxylation is 2. The van der Waals surface area contributed by atoms with Gasteiger partial charge in [-0.1, -0.05) is 15.9 Å². The number of fused-ring (bicyclic) bond motifs is 2. The van der Waals surface area contributed by atoms with Gasteiger partial charge in [0.05, 0.1) is 11.6 Å². The monoisotopic (exact) mass is 480 g/mol. The SMILES string of the molecule is CO.COc1c(Br)cc2c(c1-c1cc(Br)cc3c1CCCC3)CCCC2. The number of aliphatic hydroxyl groups excluding tert-OH is 1. The van der Waals surface area contributed by atoms with Crippen molar-refractivity contribution < 1.29 is 9.84 Å². The van der Waals surface area contributed by atoms with E-state index in [-0.39, 0.29) is 0 Å². The maximum Gasteiger partial charge on any atom is 0.141 e. The summed E-state index contributed by atoms with van der Waals surface area (Å²) in [4.78, 5) is 0. The summed E-state index contributed by atoms with van der Waals surface area (Å²) in [7, 11) is 2.79. The fraction of sp³-hybridized carbons (Fsp3) is 0.455. The largest absolute Gasteiger partial charge is 0.495 e. The molecule has 0 fully saturated rings. The van der Waals surface area contributed by atoms with E-state index in [2.05, 4.69) is 50.1 Å². The van der Waals surface area contributed by atoms with Gasteiger partial charge >= 0.3 is 0 Å². The fourth-order valence-corrected chi connectivity index (χ4v) is 5.53. The Morgan fingerprint density at radius 2 is 1.38 bits per heavy atom. The highest BCUT2D eigenvalue weighted by atomic mass is 79.9. The second kappa shape index (κ2) is 8.90. The van der Waals surface area contributed by atoms with Crippen LogP contribution in [0.2, 0.25) is 0 Å². The number of rotatable bonds is 2. The first-order valence-electron chi connectivity index (χ1n) is 9.33. The maximum absolute atomic E-state index is 7.00. The summed E-state index contributed by atoms with van der Waals surface area (Å²) in [5, 5.41) is 7.00. The van der Waals surface area contributed by atoms with Gasteiger partial charge in [0.25, 0.3) is 0 Å². The number of ether oxygens (including phenoxy) is 1. The van der Waals surface area contributed by atoms with Crippen molar-refractivity contribution in [3.63, 3.8) is 0 Å². The van der Waals surface area contributed by atoms with Crippen LogP contribution in [0.15, 0.2) is 27.1 Å². The van der Waals surface area contributed by atoms with Gasteiger partial charge in [0, 0.05) is 17.1 Å². The van der Waals surface area contributed by atoms with Crippen LogP contribution in [0.25, 0.3) is 11.1 Å². The lowest BCUT2D eigenvalue weighted by Crippen LogP contribution is -2.10. The van der Waals surface area contributed by atoms with Gasteiger partial charge in [-0.15, -0.1) is 0 Å². The van der Waals surface area contributed by atoms with Crippen molar-refractivity contribution in [3.05, 3.63) is 49.4 Å². The molecule has 0 bridgehead atoms. The third-order valence-electron chi connectivity index (χ3n) is 5.46. The van der Waals surface area contributed by atoms with Crippen LogP contribution in [-0.2, 0) is 25.7 Å². The lowest BCUT2D eigenvalue weighted by atomic mass is 9.80. The smallest absolute Gasteiger partial charge is 0.141 e. The number of aliphatic hydroxyl groups is 1. The van der Waals surface area contributed by atoms with Crippen molar-refractivity contribution in [2.24, 2.45) is 0 Å². The summed E-state index contributed by atoms with van der Waals surface area (Å²) in [5.41, 5.74) is 8.77. The highest BCUT2D eigenvalue weighted by Gasteiger charge is 2.25. The van der Waals surface area contributed by atoms with Crippen molar-refractivity contribution in [1.29, 1.82) is 0 Å². The van der Waals surface area contributed by atoms with Crippen molar-refractivity contribution >= 4 is 31.9 Å². The molecule has 0 radical (unpaired) electrons. The molecule has 0 spiro atoms. The minimum atomic E-state index is 1.00. The number of halogens is 2. The zero-order valence-corrected chi connectivity index (χ0v) is 18.7. The molecule has 0 unspecified atom stereocenters. The minimum absolute atomic E-state index is 1.00. The number of methoxy groups -OCH3 is 1. The van der Waals surface area contributed by atoms with Crippen molar-refractivity contribution in [3.8, 4) is 16.9 Å². The molecule has 2 aromatic rings. The number of hydrogen-bond donors (Lipinski definition) is 1. The van der Waals surface area contributed by atoms with E-state index in [0.717, 1.165) is 23.8 Å². The molecule has 0 heterocycles. The van der Waals surface area contributed by atoms with Crippen LogP contribution in [-0.4, -0.2) is 19.3 Å².